The molecule has 27 heavy (non-hydrogen) atoms. The van der Waals surface area contributed by atoms with E-state index in [-0.39, 0.29) is 17.7 Å². The second-order valence-electron chi connectivity index (χ2n) is 6.50. The maximum Gasteiger partial charge on any atom is 0.209 e. The van der Waals surface area contributed by atoms with Gasteiger partial charge in [-0.2, -0.15) is 0 Å². The van der Waals surface area contributed by atoms with Gasteiger partial charge in [0.05, 0.1) is 17.1 Å². The van der Waals surface area contributed by atoms with Gasteiger partial charge in [0.2, 0.25) is 5.95 Å². The molecule has 1 atom stereocenters. The number of halogens is 2. The SMILES string of the molecule is Fc1ccc(C2=C[C@H](c3ccc(F)cc3)n3c(nc4ccccc43)N2)cc1. The lowest BCUT2D eigenvalue weighted by Crippen LogP contribution is -2.19. The van der Waals surface area contributed by atoms with E-state index in [0.717, 1.165) is 27.9 Å². The Labute approximate surface area is 154 Å². The Morgan fingerprint density at radius 1 is 0.815 bits per heavy atom. The van der Waals surface area contributed by atoms with Gasteiger partial charge in [0, 0.05) is 5.70 Å². The summed E-state index contributed by atoms with van der Waals surface area (Å²) >= 11 is 0. The molecule has 4 aromatic rings. The fourth-order valence-electron chi connectivity index (χ4n) is 3.51. The third-order valence-corrected chi connectivity index (χ3v) is 4.81. The van der Waals surface area contributed by atoms with Crippen molar-refractivity contribution in [2.45, 2.75) is 6.04 Å². The molecule has 5 heteroatoms. The summed E-state index contributed by atoms with van der Waals surface area (Å²) in [6.07, 6.45) is 2.06. The Balaban J connectivity index is 1.71. The van der Waals surface area contributed by atoms with Gasteiger partial charge in [-0.05, 0) is 65.7 Å². The Morgan fingerprint density at radius 2 is 1.48 bits per heavy atom. The fraction of sp³-hybridized carbons (Fsp3) is 0.0455. The van der Waals surface area contributed by atoms with E-state index in [1.54, 1.807) is 24.3 Å². The summed E-state index contributed by atoms with van der Waals surface area (Å²) in [6.45, 7) is 0. The molecule has 0 bridgehead atoms. The van der Waals surface area contributed by atoms with E-state index >= 15 is 0 Å². The van der Waals surface area contributed by atoms with Crippen molar-refractivity contribution in [2.24, 2.45) is 0 Å². The van der Waals surface area contributed by atoms with E-state index in [1.165, 1.54) is 24.3 Å². The maximum atomic E-state index is 13.4. The molecule has 3 nitrogen and oxygen atoms in total. The van der Waals surface area contributed by atoms with Crippen molar-refractivity contribution in [1.82, 2.24) is 9.55 Å². The molecule has 0 saturated carbocycles. The predicted molar refractivity (Wildman–Crippen MR) is 102 cm³/mol. The number of nitrogens with zero attached hydrogens (tertiary/aromatic N) is 2. The van der Waals surface area contributed by atoms with Crippen LogP contribution in [0.25, 0.3) is 16.7 Å². The van der Waals surface area contributed by atoms with Crippen molar-refractivity contribution in [3.8, 4) is 0 Å². The quantitative estimate of drug-likeness (QED) is 0.521. The minimum absolute atomic E-state index is 0.158. The largest absolute Gasteiger partial charge is 0.325 e. The number of nitrogens with one attached hydrogen (secondary N) is 1. The molecule has 1 aromatic heterocycles. The van der Waals surface area contributed by atoms with Crippen LogP contribution in [0.1, 0.15) is 17.2 Å². The highest BCUT2D eigenvalue weighted by atomic mass is 19.1. The van der Waals surface area contributed by atoms with Gasteiger partial charge in [0.25, 0.3) is 0 Å². The number of para-hydroxylation sites is 2. The van der Waals surface area contributed by atoms with Crippen LogP contribution in [-0.4, -0.2) is 9.55 Å². The first kappa shape index (κ1) is 15.8. The van der Waals surface area contributed by atoms with E-state index in [9.17, 15) is 8.78 Å². The molecule has 3 aromatic carbocycles. The molecule has 1 aliphatic rings. The molecule has 2 heterocycles. The zero-order valence-electron chi connectivity index (χ0n) is 14.2. The summed E-state index contributed by atoms with van der Waals surface area (Å²) in [5, 5.41) is 3.35. The van der Waals surface area contributed by atoms with Crippen LogP contribution in [0.2, 0.25) is 0 Å². The van der Waals surface area contributed by atoms with Crippen molar-refractivity contribution in [2.75, 3.05) is 5.32 Å². The monoisotopic (exact) mass is 359 g/mol. The lowest BCUT2D eigenvalue weighted by atomic mass is 10.0. The lowest BCUT2D eigenvalue weighted by molar-refractivity contribution is 0.624. The van der Waals surface area contributed by atoms with Gasteiger partial charge in [-0.25, -0.2) is 13.8 Å². The Hall–Kier alpha value is -3.47. The number of imidazole rings is 1. The van der Waals surface area contributed by atoms with Crippen LogP contribution in [0.5, 0.6) is 0 Å². The smallest absolute Gasteiger partial charge is 0.209 e. The molecular formula is C22H15F2N3. The van der Waals surface area contributed by atoms with E-state index < -0.39 is 0 Å². The van der Waals surface area contributed by atoms with E-state index in [1.807, 2.05) is 24.3 Å². The average Bonchev–Trinajstić information content (AvgIpc) is 3.07. The van der Waals surface area contributed by atoms with Crippen LogP contribution in [0, 0.1) is 11.6 Å². The Morgan fingerprint density at radius 3 is 2.22 bits per heavy atom. The Kier molecular flexibility index (Phi) is 3.53. The fourth-order valence-corrected chi connectivity index (χ4v) is 3.51. The van der Waals surface area contributed by atoms with Crippen LogP contribution in [0.3, 0.4) is 0 Å². The third-order valence-electron chi connectivity index (χ3n) is 4.81. The summed E-state index contributed by atoms with van der Waals surface area (Å²) in [7, 11) is 0. The Bertz CT molecular complexity index is 1160. The van der Waals surface area contributed by atoms with Crippen LogP contribution in [0.4, 0.5) is 14.7 Å². The van der Waals surface area contributed by atoms with Crippen molar-refractivity contribution < 1.29 is 8.78 Å². The van der Waals surface area contributed by atoms with Crippen LogP contribution in [0.15, 0.2) is 78.9 Å². The van der Waals surface area contributed by atoms with Gasteiger partial charge in [0.1, 0.15) is 11.6 Å². The number of hydrogen-bond donors (Lipinski definition) is 1. The van der Waals surface area contributed by atoms with Crippen molar-refractivity contribution in [3.63, 3.8) is 0 Å². The van der Waals surface area contributed by atoms with Gasteiger partial charge in [-0.1, -0.05) is 24.3 Å². The second kappa shape index (κ2) is 6.06. The first-order valence-electron chi connectivity index (χ1n) is 8.66. The summed E-state index contributed by atoms with van der Waals surface area (Å²) in [5.41, 5.74) is 4.51. The molecule has 1 aliphatic heterocycles. The molecule has 0 amide bonds. The van der Waals surface area contributed by atoms with Crippen LogP contribution in [-0.2, 0) is 0 Å². The predicted octanol–water partition coefficient (Wildman–Crippen LogP) is 5.37. The lowest BCUT2D eigenvalue weighted by Gasteiger charge is -2.26. The van der Waals surface area contributed by atoms with Crippen molar-refractivity contribution in [1.29, 1.82) is 0 Å². The zero-order valence-corrected chi connectivity index (χ0v) is 14.2. The molecule has 0 spiro atoms. The molecule has 0 unspecified atom stereocenters. The number of aromatic nitrogens is 2. The molecule has 1 N–H and O–H groups in total. The standard InChI is InChI=1S/C22H15F2N3/c23-16-9-5-14(6-10-16)19-13-21(15-7-11-17(24)12-8-15)27-20-4-2-1-3-18(20)25-22(27)26-19/h1-13,21H,(H,25,26)/t21-/m1/s1. The van der Waals surface area contributed by atoms with Crippen LogP contribution >= 0.6 is 0 Å². The van der Waals surface area contributed by atoms with Gasteiger partial charge < -0.3 is 5.32 Å². The number of rotatable bonds is 2. The highest BCUT2D eigenvalue weighted by molar-refractivity contribution is 5.85. The topological polar surface area (TPSA) is 29.9 Å². The van der Waals surface area contributed by atoms with Gasteiger partial charge in [-0.15, -0.1) is 0 Å². The van der Waals surface area contributed by atoms with Gasteiger partial charge in [0.15, 0.2) is 0 Å². The number of fused-ring (bicyclic) bond motifs is 3. The summed E-state index contributed by atoms with van der Waals surface area (Å²) in [5.74, 6) is 0.149. The molecule has 0 saturated heterocycles. The van der Waals surface area contributed by atoms with E-state index in [4.69, 9.17) is 4.98 Å². The summed E-state index contributed by atoms with van der Waals surface area (Å²) in [6, 6.07) is 20.5. The number of hydrogen-bond acceptors (Lipinski definition) is 2. The highest BCUT2D eigenvalue weighted by Crippen LogP contribution is 2.36. The minimum Gasteiger partial charge on any atom is -0.325 e. The van der Waals surface area contributed by atoms with E-state index in [2.05, 4.69) is 16.0 Å². The summed E-state index contributed by atoms with van der Waals surface area (Å²) < 4.78 is 28.9. The van der Waals surface area contributed by atoms with Crippen molar-refractivity contribution >= 4 is 22.7 Å². The number of allylic oxidation sites excluding steroid dienone is 1. The van der Waals surface area contributed by atoms with E-state index in [0.29, 0.717) is 5.95 Å². The number of benzene rings is 3. The average molecular weight is 359 g/mol. The second-order valence-corrected chi connectivity index (χ2v) is 6.50. The first-order chi connectivity index (χ1) is 13.2. The normalized spacial score (nSPS) is 15.9. The molecule has 0 aliphatic carbocycles. The van der Waals surface area contributed by atoms with Gasteiger partial charge in [-0.3, -0.25) is 4.57 Å². The first-order valence-corrected chi connectivity index (χ1v) is 8.66. The number of anilines is 1. The van der Waals surface area contributed by atoms with Gasteiger partial charge >= 0.3 is 0 Å². The molecule has 132 valence electrons. The van der Waals surface area contributed by atoms with Crippen molar-refractivity contribution in [3.05, 3.63) is 102 Å². The minimum atomic E-state index is -0.280. The zero-order chi connectivity index (χ0) is 18.4. The molecule has 5 rings (SSSR count). The maximum absolute atomic E-state index is 13.4. The third kappa shape index (κ3) is 2.68. The highest BCUT2D eigenvalue weighted by Gasteiger charge is 2.25. The molecule has 0 fully saturated rings. The van der Waals surface area contributed by atoms with Crippen LogP contribution < -0.4 is 5.32 Å². The summed E-state index contributed by atoms with van der Waals surface area (Å²) in [4.78, 5) is 4.70. The molecular weight excluding hydrogens is 344 g/mol. The molecule has 0 radical (unpaired) electrons.